The lowest BCUT2D eigenvalue weighted by Gasteiger charge is -2.47. The second-order valence-corrected chi connectivity index (χ2v) is 8.52. The van der Waals surface area contributed by atoms with Crippen molar-refractivity contribution in [3.8, 4) is 5.75 Å². The third-order valence-corrected chi connectivity index (χ3v) is 7.38. The number of fused-ring (bicyclic) bond motifs is 2. The summed E-state index contributed by atoms with van der Waals surface area (Å²) in [6, 6.07) is 9.47. The molecule has 2 aliphatic rings. The Kier molecular flexibility index (Phi) is 4.17. The van der Waals surface area contributed by atoms with Gasteiger partial charge >= 0.3 is 5.97 Å². The number of carboxylic acids is 1. The first kappa shape index (κ1) is 17.3. The molecule has 1 aromatic carbocycles. The Hall–Kier alpha value is -1.51. The number of benzene rings is 1. The molecule has 2 saturated carbocycles. The maximum Gasteiger partial charge on any atom is 0.348 e. The smallest absolute Gasteiger partial charge is 0.348 e. The minimum Gasteiger partial charge on any atom is -0.478 e. The summed E-state index contributed by atoms with van der Waals surface area (Å²) in [6.07, 6.45) is 4.64. The highest BCUT2D eigenvalue weighted by Crippen LogP contribution is 2.70. The van der Waals surface area contributed by atoms with Crippen LogP contribution in [-0.2, 0) is 4.79 Å². The van der Waals surface area contributed by atoms with Gasteiger partial charge in [-0.1, -0.05) is 52.3 Å². The van der Waals surface area contributed by atoms with Gasteiger partial charge in [0.05, 0.1) is 0 Å². The van der Waals surface area contributed by atoms with Crippen molar-refractivity contribution in [2.24, 2.45) is 22.7 Å². The second kappa shape index (κ2) is 5.79. The van der Waals surface area contributed by atoms with Crippen LogP contribution in [-0.4, -0.2) is 16.7 Å². The normalized spacial score (nSPS) is 33.2. The van der Waals surface area contributed by atoms with Gasteiger partial charge in [-0.15, -0.1) is 0 Å². The summed E-state index contributed by atoms with van der Waals surface area (Å²) in [5.41, 5.74) is -0.941. The molecule has 0 radical (unpaired) electrons. The molecule has 0 aromatic heterocycles. The van der Waals surface area contributed by atoms with Crippen LogP contribution in [0.2, 0.25) is 0 Å². The van der Waals surface area contributed by atoms with Gasteiger partial charge < -0.3 is 9.84 Å². The number of carbonyl (C=O) groups is 1. The SMILES string of the molecule is CCCC(Oc1ccccc1)(C(=O)O)C1CC2CCC1(C)C2(C)C. The fourth-order valence-electron chi connectivity index (χ4n) is 5.58. The highest BCUT2D eigenvalue weighted by Gasteiger charge is 2.68. The lowest BCUT2D eigenvalue weighted by atomic mass is 9.61. The Morgan fingerprint density at radius 1 is 1.29 bits per heavy atom. The topological polar surface area (TPSA) is 46.5 Å². The van der Waals surface area contributed by atoms with Gasteiger partial charge in [0.2, 0.25) is 5.60 Å². The van der Waals surface area contributed by atoms with E-state index in [9.17, 15) is 9.90 Å². The number of carboxylic acid groups (broad SMARTS) is 1. The van der Waals surface area contributed by atoms with E-state index in [1.807, 2.05) is 37.3 Å². The lowest BCUT2D eigenvalue weighted by molar-refractivity contribution is -0.169. The van der Waals surface area contributed by atoms with Crippen LogP contribution >= 0.6 is 0 Å². The molecule has 1 aromatic rings. The highest BCUT2D eigenvalue weighted by molar-refractivity contribution is 5.79. The zero-order chi connectivity index (χ0) is 17.6. The summed E-state index contributed by atoms with van der Waals surface area (Å²) in [5.74, 6) is 0.513. The predicted molar refractivity (Wildman–Crippen MR) is 95.1 cm³/mol. The average molecular weight is 330 g/mol. The van der Waals surface area contributed by atoms with E-state index in [0.29, 0.717) is 18.1 Å². The summed E-state index contributed by atoms with van der Waals surface area (Å²) in [5, 5.41) is 10.3. The fraction of sp³-hybridized carbons (Fsp3) is 0.667. The van der Waals surface area contributed by atoms with Crippen molar-refractivity contribution < 1.29 is 14.6 Å². The van der Waals surface area contributed by atoms with Crippen molar-refractivity contribution in [3.63, 3.8) is 0 Å². The van der Waals surface area contributed by atoms with Crippen LogP contribution in [0.3, 0.4) is 0 Å². The van der Waals surface area contributed by atoms with Crippen LogP contribution in [0.4, 0.5) is 0 Å². The molecule has 3 nitrogen and oxygen atoms in total. The van der Waals surface area contributed by atoms with E-state index in [1.165, 1.54) is 6.42 Å². The van der Waals surface area contributed by atoms with Gasteiger partial charge in [-0.2, -0.15) is 0 Å². The third-order valence-electron chi connectivity index (χ3n) is 7.38. The number of ether oxygens (including phenoxy) is 1. The number of hydrogen-bond acceptors (Lipinski definition) is 2. The molecule has 1 N–H and O–H groups in total. The van der Waals surface area contributed by atoms with Gasteiger partial charge in [0.15, 0.2) is 0 Å². The van der Waals surface area contributed by atoms with Crippen LogP contribution in [0.1, 0.15) is 59.8 Å². The maximum absolute atomic E-state index is 12.5. The second-order valence-electron chi connectivity index (χ2n) is 8.52. The van der Waals surface area contributed by atoms with Gasteiger partial charge in [-0.05, 0) is 54.6 Å². The zero-order valence-corrected chi connectivity index (χ0v) is 15.3. The summed E-state index contributed by atoms with van der Waals surface area (Å²) in [7, 11) is 0. The zero-order valence-electron chi connectivity index (χ0n) is 15.3. The Morgan fingerprint density at radius 3 is 2.42 bits per heavy atom. The van der Waals surface area contributed by atoms with E-state index >= 15 is 0 Å². The van der Waals surface area contributed by atoms with Crippen molar-refractivity contribution in [1.82, 2.24) is 0 Å². The molecular weight excluding hydrogens is 300 g/mol. The summed E-state index contributed by atoms with van der Waals surface area (Å²) >= 11 is 0. The molecule has 0 amide bonds. The first-order valence-electron chi connectivity index (χ1n) is 9.25. The molecule has 2 bridgehead atoms. The quantitative estimate of drug-likeness (QED) is 0.784. The largest absolute Gasteiger partial charge is 0.478 e. The van der Waals surface area contributed by atoms with E-state index < -0.39 is 11.6 Å². The van der Waals surface area contributed by atoms with Gasteiger partial charge in [0.25, 0.3) is 0 Å². The third kappa shape index (κ3) is 2.28. The summed E-state index contributed by atoms with van der Waals surface area (Å²) in [6.45, 7) is 9.00. The molecule has 0 aliphatic heterocycles. The maximum atomic E-state index is 12.5. The lowest BCUT2D eigenvalue weighted by Crippen LogP contribution is -2.56. The van der Waals surface area contributed by atoms with Gasteiger partial charge in [0, 0.05) is 5.92 Å². The average Bonchev–Trinajstić information content (AvgIpc) is 2.88. The van der Waals surface area contributed by atoms with Crippen molar-refractivity contribution >= 4 is 5.97 Å². The van der Waals surface area contributed by atoms with E-state index in [4.69, 9.17) is 4.74 Å². The van der Waals surface area contributed by atoms with Crippen molar-refractivity contribution in [1.29, 1.82) is 0 Å². The molecule has 132 valence electrons. The van der Waals surface area contributed by atoms with Crippen LogP contribution in [0, 0.1) is 22.7 Å². The van der Waals surface area contributed by atoms with Crippen LogP contribution in [0.5, 0.6) is 5.75 Å². The fourth-order valence-corrected chi connectivity index (χ4v) is 5.58. The van der Waals surface area contributed by atoms with E-state index in [0.717, 1.165) is 19.3 Å². The van der Waals surface area contributed by atoms with Crippen molar-refractivity contribution in [3.05, 3.63) is 30.3 Å². The minimum absolute atomic E-state index is 0.0139. The molecule has 0 saturated heterocycles. The Labute approximate surface area is 145 Å². The predicted octanol–water partition coefficient (Wildman–Crippen LogP) is 5.15. The molecule has 2 aliphatic carbocycles. The Balaban J connectivity index is 2.04. The molecule has 0 spiro atoms. The highest BCUT2D eigenvalue weighted by atomic mass is 16.5. The minimum atomic E-state index is -1.13. The monoisotopic (exact) mass is 330 g/mol. The number of para-hydroxylation sites is 1. The molecule has 4 unspecified atom stereocenters. The molecule has 24 heavy (non-hydrogen) atoms. The molecular formula is C21H30O3. The molecule has 4 atom stereocenters. The summed E-state index contributed by atoms with van der Waals surface area (Å²) in [4.78, 5) is 12.5. The van der Waals surface area contributed by atoms with E-state index in [-0.39, 0.29) is 16.7 Å². The van der Waals surface area contributed by atoms with Crippen LogP contribution < -0.4 is 4.74 Å². The van der Waals surface area contributed by atoms with Crippen molar-refractivity contribution in [2.75, 3.05) is 0 Å². The van der Waals surface area contributed by atoms with Gasteiger partial charge in [0.1, 0.15) is 5.75 Å². The summed E-state index contributed by atoms with van der Waals surface area (Å²) < 4.78 is 6.30. The molecule has 0 heterocycles. The number of rotatable bonds is 6. The Morgan fingerprint density at radius 2 is 1.96 bits per heavy atom. The first-order valence-corrected chi connectivity index (χ1v) is 9.25. The van der Waals surface area contributed by atoms with Gasteiger partial charge in [-0.3, -0.25) is 0 Å². The van der Waals surface area contributed by atoms with Crippen molar-refractivity contribution in [2.45, 2.75) is 65.4 Å². The molecule has 3 rings (SSSR count). The van der Waals surface area contributed by atoms with E-state index in [2.05, 4.69) is 20.8 Å². The molecule has 2 fully saturated rings. The number of hydrogen-bond donors (Lipinski definition) is 1. The standard InChI is InChI=1S/C21H30O3/c1-5-12-21(18(22)23,24-16-9-7-6-8-10-16)17-14-15-11-13-20(17,4)19(15,2)3/h6-10,15,17H,5,11-14H2,1-4H3,(H,22,23). The molecule has 3 heteroatoms. The first-order chi connectivity index (χ1) is 11.3. The Bertz CT molecular complexity index is 609. The number of aliphatic carboxylic acids is 1. The van der Waals surface area contributed by atoms with Crippen LogP contribution in [0.25, 0.3) is 0 Å². The van der Waals surface area contributed by atoms with Crippen LogP contribution in [0.15, 0.2) is 30.3 Å². The van der Waals surface area contributed by atoms with Gasteiger partial charge in [-0.25, -0.2) is 4.79 Å². The van der Waals surface area contributed by atoms with E-state index in [1.54, 1.807) is 0 Å².